The van der Waals surface area contributed by atoms with Gasteiger partial charge in [0.2, 0.25) is 5.91 Å². The molecular formula is C10H19N3O. The van der Waals surface area contributed by atoms with Crippen molar-refractivity contribution >= 4 is 5.91 Å². The Morgan fingerprint density at radius 1 is 1.64 bits per heavy atom. The van der Waals surface area contributed by atoms with Crippen LogP contribution < -0.4 is 5.73 Å². The minimum atomic E-state index is 0.0981. The van der Waals surface area contributed by atoms with E-state index < -0.39 is 0 Å². The molecule has 80 valence electrons. The molecule has 0 radical (unpaired) electrons. The predicted molar refractivity (Wildman–Crippen MR) is 55.4 cm³/mol. The van der Waals surface area contributed by atoms with Crippen LogP contribution in [0.2, 0.25) is 0 Å². The van der Waals surface area contributed by atoms with Crippen molar-refractivity contribution in [3.05, 3.63) is 0 Å². The molecule has 1 amide bonds. The van der Waals surface area contributed by atoms with Crippen LogP contribution in [0.15, 0.2) is 0 Å². The van der Waals surface area contributed by atoms with Crippen LogP contribution in [0.1, 0.15) is 32.6 Å². The molecular weight excluding hydrogens is 178 g/mol. The van der Waals surface area contributed by atoms with E-state index in [1.807, 2.05) is 13.0 Å². The van der Waals surface area contributed by atoms with Crippen LogP contribution in [0.3, 0.4) is 0 Å². The minimum Gasteiger partial charge on any atom is -0.345 e. The first-order valence-corrected chi connectivity index (χ1v) is 4.94. The number of nitriles is 1. The van der Waals surface area contributed by atoms with Gasteiger partial charge in [-0.3, -0.25) is 4.79 Å². The van der Waals surface area contributed by atoms with Gasteiger partial charge in [-0.05, 0) is 19.8 Å². The van der Waals surface area contributed by atoms with Crippen molar-refractivity contribution in [3.63, 3.8) is 0 Å². The zero-order chi connectivity index (χ0) is 11.0. The number of carbonyl (C=O) groups is 1. The van der Waals surface area contributed by atoms with Gasteiger partial charge >= 0.3 is 0 Å². The summed E-state index contributed by atoms with van der Waals surface area (Å²) >= 11 is 0. The molecule has 0 aromatic heterocycles. The molecule has 0 saturated heterocycles. The highest BCUT2D eigenvalue weighted by Crippen LogP contribution is 2.01. The third kappa shape index (κ3) is 6.44. The molecule has 0 aromatic carbocycles. The van der Waals surface area contributed by atoms with Crippen molar-refractivity contribution in [3.8, 4) is 6.07 Å². The zero-order valence-electron chi connectivity index (χ0n) is 8.99. The van der Waals surface area contributed by atoms with Gasteiger partial charge in [0.15, 0.2) is 0 Å². The first kappa shape index (κ1) is 12.9. The summed E-state index contributed by atoms with van der Waals surface area (Å²) in [5.41, 5.74) is 5.57. The summed E-state index contributed by atoms with van der Waals surface area (Å²) in [6, 6.07) is 2.17. The largest absolute Gasteiger partial charge is 0.345 e. The highest BCUT2D eigenvalue weighted by Gasteiger charge is 2.07. The third-order valence-corrected chi connectivity index (χ3v) is 2.03. The van der Waals surface area contributed by atoms with Crippen LogP contribution in [0, 0.1) is 11.3 Å². The van der Waals surface area contributed by atoms with Crippen molar-refractivity contribution in [2.45, 2.75) is 38.6 Å². The van der Waals surface area contributed by atoms with Crippen molar-refractivity contribution in [2.75, 3.05) is 13.6 Å². The van der Waals surface area contributed by atoms with E-state index in [0.29, 0.717) is 19.4 Å². The van der Waals surface area contributed by atoms with Gasteiger partial charge in [0, 0.05) is 26.1 Å². The fourth-order valence-electron chi connectivity index (χ4n) is 1.11. The summed E-state index contributed by atoms with van der Waals surface area (Å²) in [5, 5.41) is 8.34. The SMILES string of the molecule is CC(N)CCCC(=O)N(C)CCC#N. The standard InChI is InChI=1S/C10H19N3O/c1-9(12)5-3-6-10(14)13(2)8-4-7-11/h9H,3-6,8,12H2,1-2H3. The van der Waals surface area contributed by atoms with Crippen molar-refractivity contribution in [1.82, 2.24) is 4.90 Å². The highest BCUT2D eigenvalue weighted by atomic mass is 16.2. The van der Waals surface area contributed by atoms with E-state index in [1.165, 1.54) is 0 Å². The van der Waals surface area contributed by atoms with E-state index in [9.17, 15) is 4.79 Å². The normalized spacial score (nSPS) is 11.9. The van der Waals surface area contributed by atoms with Gasteiger partial charge < -0.3 is 10.6 Å². The fraction of sp³-hybridized carbons (Fsp3) is 0.800. The van der Waals surface area contributed by atoms with Crippen LogP contribution >= 0.6 is 0 Å². The quantitative estimate of drug-likeness (QED) is 0.687. The highest BCUT2D eigenvalue weighted by molar-refractivity contribution is 5.75. The number of nitrogens with two attached hydrogens (primary N) is 1. The Morgan fingerprint density at radius 2 is 2.29 bits per heavy atom. The summed E-state index contributed by atoms with van der Waals surface area (Å²) in [7, 11) is 1.73. The minimum absolute atomic E-state index is 0.0981. The fourth-order valence-corrected chi connectivity index (χ4v) is 1.11. The van der Waals surface area contributed by atoms with Crippen LogP contribution in [0.25, 0.3) is 0 Å². The summed E-state index contributed by atoms with van der Waals surface area (Å²) in [6.07, 6.45) is 2.63. The van der Waals surface area contributed by atoms with Gasteiger partial charge in [-0.1, -0.05) is 0 Å². The van der Waals surface area contributed by atoms with Gasteiger partial charge in [-0.25, -0.2) is 0 Å². The molecule has 4 heteroatoms. The van der Waals surface area contributed by atoms with Crippen LogP contribution in [-0.4, -0.2) is 30.4 Å². The Hall–Kier alpha value is -1.08. The molecule has 0 spiro atoms. The van der Waals surface area contributed by atoms with Crippen molar-refractivity contribution in [2.24, 2.45) is 5.73 Å². The molecule has 0 fully saturated rings. The van der Waals surface area contributed by atoms with Gasteiger partial charge in [0.25, 0.3) is 0 Å². The van der Waals surface area contributed by atoms with Gasteiger partial charge in [0.05, 0.1) is 12.5 Å². The van der Waals surface area contributed by atoms with Gasteiger partial charge in [-0.15, -0.1) is 0 Å². The molecule has 0 heterocycles. The van der Waals surface area contributed by atoms with E-state index in [2.05, 4.69) is 0 Å². The smallest absolute Gasteiger partial charge is 0.222 e. The molecule has 0 rings (SSSR count). The predicted octanol–water partition coefficient (Wildman–Crippen LogP) is 0.876. The number of rotatable bonds is 6. The lowest BCUT2D eigenvalue weighted by Gasteiger charge is -2.15. The van der Waals surface area contributed by atoms with Gasteiger partial charge in [0.1, 0.15) is 0 Å². The number of hydrogen-bond donors (Lipinski definition) is 1. The lowest BCUT2D eigenvalue weighted by molar-refractivity contribution is -0.129. The topological polar surface area (TPSA) is 70.1 Å². The third-order valence-electron chi connectivity index (χ3n) is 2.03. The second-order valence-electron chi connectivity index (χ2n) is 3.59. The van der Waals surface area contributed by atoms with Crippen molar-refractivity contribution in [1.29, 1.82) is 5.26 Å². The summed E-state index contributed by atoms with van der Waals surface area (Å²) < 4.78 is 0. The monoisotopic (exact) mass is 197 g/mol. The van der Waals surface area contributed by atoms with E-state index >= 15 is 0 Å². The molecule has 1 unspecified atom stereocenters. The van der Waals surface area contributed by atoms with E-state index in [4.69, 9.17) is 11.0 Å². The van der Waals surface area contributed by atoms with Crippen LogP contribution in [0.4, 0.5) is 0 Å². The lowest BCUT2D eigenvalue weighted by atomic mass is 10.1. The second-order valence-corrected chi connectivity index (χ2v) is 3.59. The molecule has 0 aliphatic carbocycles. The molecule has 0 saturated carbocycles. The maximum Gasteiger partial charge on any atom is 0.222 e. The first-order chi connectivity index (χ1) is 6.57. The Morgan fingerprint density at radius 3 is 2.79 bits per heavy atom. The number of carbonyl (C=O) groups excluding carboxylic acids is 1. The maximum atomic E-state index is 11.4. The Bertz CT molecular complexity index is 208. The Kier molecular flexibility index (Phi) is 6.77. The Balaban J connectivity index is 3.58. The molecule has 4 nitrogen and oxygen atoms in total. The molecule has 0 bridgehead atoms. The van der Waals surface area contributed by atoms with Crippen LogP contribution in [0.5, 0.6) is 0 Å². The number of amides is 1. The van der Waals surface area contributed by atoms with Crippen molar-refractivity contribution < 1.29 is 4.79 Å². The van der Waals surface area contributed by atoms with E-state index in [0.717, 1.165) is 12.8 Å². The van der Waals surface area contributed by atoms with Gasteiger partial charge in [-0.2, -0.15) is 5.26 Å². The Labute approximate surface area is 85.7 Å². The molecule has 0 aromatic rings. The molecule has 1 atom stereocenters. The second kappa shape index (κ2) is 7.34. The molecule has 2 N–H and O–H groups in total. The van der Waals surface area contributed by atoms with Crippen LogP contribution in [-0.2, 0) is 4.79 Å². The molecule has 0 aliphatic heterocycles. The number of hydrogen-bond acceptors (Lipinski definition) is 3. The molecule has 14 heavy (non-hydrogen) atoms. The average molecular weight is 197 g/mol. The summed E-state index contributed by atoms with van der Waals surface area (Å²) in [4.78, 5) is 13.0. The summed E-state index contributed by atoms with van der Waals surface area (Å²) in [5.74, 6) is 0.0981. The summed E-state index contributed by atoms with van der Waals surface area (Å²) in [6.45, 7) is 2.46. The maximum absolute atomic E-state index is 11.4. The molecule has 0 aliphatic rings. The zero-order valence-corrected chi connectivity index (χ0v) is 8.99. The lowest BCUT2D eigenvalue weighted by Crippen LogP contribution is -2.27. The van der Waals surface area contributed by atoms with E-state index in [1.54, 1.807) is 11.9 Å². The number of nitrogens with zero attached hydrogens (tertiary/aromatic N) is 2. The first-order valence-electron chi connectivity index (χ1n) is 4.94. The average Bonchev–Trinajstić information content (AvgIpc) is 2.13. The van der Waals surface area contributed by atoms with E-state index in [-0.39, 0.29) is 11.9 Å².